The molecule has 0 radical (unpaired) electrons. The highest BCUT2D eigenvalue weighted by Gasteiger charge is 2.26. The average Bonchev–Trinajstić information content (AvgIpc) is 3.47. The molecule has 1 saturated carbocycles. The molecule has 1 aromatic carbocycles. The quantitative estimate of drug-likeness (QED) is 0.566. The van der Waals surface area contributed by atoms with Gasteiger partial charge in [-0.15, -0.1) is 0 Å². The highest BCUT2D eigenvalue weighted by atomic mass is 16.2. The first-order valence-corrected chi connectivity index (χ1v) is 11.0. The van der Waals surface area contributed by atoms with Crippen LogP contribution in [0.3, 0.4) is 0 Å². The molecule has 0 unspecified atom stereocenters. The van der Waals surface area contributed by atoms with Crippen molar-refractivity contribution in [2.24, 2.45) is 5.92 Å². The van der Waals surface area contributed by atoms with E-state index >= 15 is 0 Å². The lowest BCUT2D eigenvalue weighted by Crippen LogP contribution is -2.40. The van der Waals surface area contributed by atoms with Crippen molar-refractivity contribution >= 4 is 40.1 Å². The fourth-order valence-electron chi connectivity index (χ4n) is 4.16. The van der Waals surface area contributed by atoms with Gasteiger partial charge in [-0.1, -0.05) is 0 Å². The number of rotatable bonds is 6. The zero-order valence-electron chi connectivity index (χ0n) is 18.1. The molecule has 5 rings (SSSR count). The molecule has 1 aliphatic carbocycles. The molecule has 31 heavy (non-hydrogen) atoms. The number of H-pyrrole nitrogens is 1. The first-order chi connectivity index (χ1) is 15.1. The Kier molecular flexibility index (Phi) is 5.13. The van der Waals surface area contributed by atoms with Crippen LogP contribution in [0, 0.1) is 5.92 Å². The summed E-state index contributed by atoms with van der Waals surface area (Å²) in [6.45, 7) is 1.81. The van der Waals surface area contributed by atoms with Crippen LogP contribution in [0.15, 0.2) is 36.5 Å². The van der Waals surface area contributed by atoms with E-state index in [-0.39, 0.29) is 11.8 Å². The molecule has 3 aromatic rings. The molecule has 3 heterocycles. The van der Waals surface area contributed by atoms with Crippen molar-refractivity contribution in [3.05, 3.63) is 36.5 Å². The van der Waals surface area contributed by atoms with Gasteiger partial charge in [-0.3, -0.25) is 4.79 Å². The van der Waals surface area contributed by atoms with Gasteiger partial charge in [-0.2, -0.15) is 9.97 Å². The van der Waals surface area contributed by atoms with Crippen LogP contribution in [0.1, 0.15) is 25.7 Å². The van der Waals surface area contributed by atoms with Gasteiger partial charge in [0.2, 0.25) is 11.9 Å². The zero-order valence-corrected chi connectivity index (χ0v) is 18.1. The molecule has 2 fully saturated rings. The molecular weight excluding hydrogens is 390 g/mol. The molecule has 1 aliphatic heterocycles. The normalized spacial score (nSPS) is 17.0. The number of hydrogen-bond acceptors (Lipinski definition) is 6. The number of carbonyl (C=O) groups is 1. The van der Waals surface area contributed by atoms with Crippen LogP contribution >= 0.6 is 0 Å². The van der Waals surface area contributed by atoms with Crippen molar-refractivity contribution in [3.63, 3.8) is 0 Å². The molecule has 2 aliphatic rings. The van der Waals surface area contributed by atoms with E-state index in [2.05, 4.69) is 49.8 Å². The first-order valence-electron chi connectivity index (χ1n) is 11.0. The lowest BCUT2D eigenvalue weighted by Gasteiger charge is -2.34. The summed E-state index contributed by atoms with van der Waals surface area (Å²) in [6.07, 6.45) is 6.09. The van der Waals surface area contributed by atoms with Gasteiger partial charge in [0, 0.05) is 56.7 Å². The molecule has 2 aromatic heterocycles. The molecule has 0 atom stereocenters. The van der Waals surface area contributed by atoms with E-state index in [1.54, 1.807) is 4.90 Å². The van der Waals surface area contributed by atoms with E-state index in [1.165, 1.54) is 18.5 Å². The van der Waals surface area contributed by atoms with Crippen LogP contribution in [0.4, 0.5) is 23.1 Å². The molecule has 0 bridgehead atoms. The van der Waals surface area contributed by atoms with E-state index in [9.17, 15) is 4.79 Å². The Bertz CT molecular complexity index is 1060. The summed E-state index contributed by atoms with van der Waals surface area (Å²) in [5.41, 5.74) is 2.95. The van der Waals surface area contributed by atoms with Crippen molar-refractivity contribution in [1.82, 2.24) is 19.9 Å². The Morgan fingerprint density at radius 1 is 1.06 bits per heavy atom. The van der Waals surface area contributed by atoms with E-state index < -0.39 is 0 Å². The molecule has 1 amide bonds. The number of fused-ring (bicyclic) bond motifs is 1. The number of hydrogen-bond donors (Lipinski definition) is 3. The van der Waals surface area contributed by atoms with Crippen LogP contribution in [0.2, 0.25) is 0 Å². The van der Waals surface area contributed by atoms with Gasteiger partial charge in [0.25, 0.3) is 0 Å². The Balaban J connectivity index is 1.25. The third kappa shape index (κ3) is 4.28. The van der Waals surface area contributed by atoms with Gasteiger partial charge in [0.1, 0.15) is 11.5 Å². The molecule has 1 saturated heterocycles. The third-order valence-electron chi connectivity index (χ3n) is 6.11. The summed E-state index contributed by atoms with van der Waals surface area (Å²) in [6, 6.07) is 10.9. The summed E-state index contributed by atoms with van der Waals surface area (Å²) < 4.78 is 0. The highest BCUT2D eigenvalue weighted by molar-refractivity contribution is 5.88. The number of benzene rings is 1. The van der Waals surface area contributed by atoms with Gasteiger partial charge in [-0.25, -0.2) is 0 Å². The summed E-state index contributed by atoms with van der Waals surface area (Å²) >= 11 is 0. The first kappa shape index (κ1) is 19.7. The minimum absolute atomic E-state index is 0.144. The predicted octanol–water partition coefficient (Wildman–Crippen LogP) is 3.58. The standard InChI is InChI=1S/C23H29N7O/c1-29(2)22(31)15-10-13-30(14-11-15)18-7-5-17(6-8-18)26-23-27-20-19(9-12-24-20)21(28-23)25-16-3-4-16/h5-9,12,15-16H,3-4,10-11,13-14H2,1-2H3,(H3,24,25,26,27,28). The molecule has 0 spiro atoms. The number of anilines is 4. The number of carbonyl (C=O) groups excluding carboxylic acids is 1. The predicted molar refractivity (Wildman–Crippen MR) is 124 cm³/mol. The van der Waals surface area contributed by atoms with Crippen LogP contribution in [-0.4, -0.2) is 59.0 Å². The Morgan fingerprint density at radius 3 is 2.48 bits per heavy atom. The molecule has 8 heteroatoms. The van der Waals surface area contributed by atoms with Crippen molar-refractivity contribution in [3.8, 4) is 0 Å². The maximum absolute atomic E-state index is 12.2. The number of aromatic amines is 1. The molecule has 8 nitrogen and oxygen atoms in total. The lowest BCUT2D eigenvalue weighted by atomic mass is 9.95. The van der Waals surface area contributed by atoms with Crippen molar-refractivity contribution in [2.75, 3.05) is 42.7 Å². The molecular formula is C23H29N7O. The number of piperidine rings is 1. The van der Waals surface area contributed by atoms with E-state index in [1.807, 2.05) is 26.4 Å². The summed E-state index contributed by atoms with van der Waals surface area (Å²) in [4.78, 5) is 28.7. The summed E-state index contributed by atoms with van der Waals surface area (Å²) in [7, 11) is 3.67. The van der Waals surface area contributed by atoms with Gasteiger partial charge in [0.05, 0.1) is 5.39 Å². The average molecular weight is 420 g/mol. The minimum atomic E-state index is 0.144. The van der Waals surface area contributed by atoms with Gasteiger partial charge < -0.3 is 25.4 Å². The second-order valence-electron chi connectivity index (χ2n) is 8.72. The van der Waals surface area contributed by atoms with Crippen LogP contribution in [0.5, 0.6) is 0 Å². The molecule has 3 N–H and O–H groups in total. The fraction of sp³-hybridized carbons (Fsp3) is 0.435. The van der Waals surface area contributed by atoms with Crippen molar-refractivity contribution < 1.29 is 4.79 Å². The maximum atomic E-state index is 12.2. The zero-order chi connectivity index (χ0) is 21.4. The maximum Gasteiger partial charge on any atom is 0.231 e. The fourth-order valence-corrected chi connectivity index (χ4v) is 4.16. The minimum Gasteiger partial charge on any atom is -0.371 e. The summed E-state index contributed by atoms with van der Waals surface area (Å²) in [5, 5.41) is 7.85. The lowest BCUT2D eigenvalue weighted by molar-refractivity contribution is -0.133. The van der Waals surface area contributed by atoms with Gasteiger partial charge >= 0.3 is 0 Å². The van der Waals surface area contributed by atoms with Crippen molar-refractivity contribution in [1.29, 1.82) is 0 Å². The topological polar surface area (TPSA) is 89.2 Å². The van der Waals surface area contributed by atoms with E-state index in [0.29, 0.717) is 12.0 Å². The number of amides is 1. The van der Waals surface area contributed by atoms with Crippen molar-refractivity contribution in [2.45, 2.75) is 31.7 Å². The largest absolute Gasteiger partial charge is 0.371 e. The second kappa shape index (κ2) is 8.09. The van der Waals surface area contributed by atoms with Gasteiger partial charge in [-0.05, 0) is 56.0 Å². The Morgan fingerprint density at radius 2 is 1.81 bits per heavy atom. The number of nitrogens with one attached hydrogen (secondary N) is 3. The number of aromatic nitrogens is 3. The van der Waals surface area contributed by atoms with Crippen LogP contribution in [0.25, 0.3) is 11.0 Å². The Labute approximate surface area is 182 Å². The second-order valence-corrected chi connectivity index (χ2v) is 8.72. The highest BCUT2D eigenvalue weighted by Crippen LogP contribution is 2.30. The number of nitrogens with zero attached hydrogens (tertiary/aromatic N) is 4. The van der Waals surface area contributed by atoms with E-state index in [0.717, 1.165) is 48.5 Å². The van der Waals surface area contributed by atoms with Crippen LogP contribution in [-0.2, 0) is 4.79 Å². The summed E-state index contributed by atoms with van der Waals surface area (Å²) in [5.74, 6) is 1.84. The Hall–Kier alpha value is -3.29. The molecule has 162 valence electrons. The van der Waals surface area contributed by atoms with Gasteiger partial charge in [0.15, 0.2) is 0 Å². The SMILES string of the molecule is CN(C)C(=O)C1CCN(c2ccc(Nc3nc(NC4CC4)c4cc[nH]c4n3)cc2)CC1. The monoisotopic (exact) mass is 419 g/mol. The smallest absolute Gasteiger partial charge is 0.231 e. The van der Waals surface area contributed by atoms with E-state index in [4.69, 9.17) is 4.98 Å². The third-order valence-corrected chi connectivity index (χ3v) is 6.11. The van der Waals surface area contributed by atoms with Crippen LogP contribution < -0.4 is 15.5 Å².